The average Bonchev–Trinajstić information content (AvgIpc) is 2.11. The predicted molar refractivity (Wildman–Crippen MR) is 51.0 cm³/mol. The molecule has 3 heteroatoms. The highest BCUT2D eigenvalue weighted by atomic mass is 16.3. The summed E-state index contributed by atoms with van der Waals surface area (Å²) >= 11 is 0. The molecule has 3 atom stereocenters. The van der Waals surface area contributed by atoms with Gasteiger partial charge in [-0.25, -0.2) is 0 Å². The number of piperidine rings is 1. The molecule has 0 bridgehead atoms. The lowest BCUT2D eigenvalue weighted by atomic mass is 9.96. The van der Waals surface area contributed by atoms with E-state index in [2.05, 4.69) is 17.9 Å². The highest BCUT2D eigenvalue weighted by Gasteiger charge is 2.24. The molecule has 13 heavy (non-hydrogen) atoms. The normalized spacial score (nSPS) is 32.5. The molecule has 0 aromatic rings. The fraction of sp³-hybridized carbons (Fsp3) is 0.900. The Bertz CT molecular complexity index is 200. The van der Waals surface area contributed by atoms with Crippen LogP contribution in [0, 0.1) is 23.2 Å². The van der Waals surface area contributed by atoms with Crippen molar-refractivity contribution >= 4 is 0 Å². The summed E-state index contributed by atoms with van der Waals surface area (Å²) in [4.78, 5) is 2.27. The molecule has 1 rings (SSSR count). The molecule has 0 amide bonds. The molecule has 0 spiro atoms. The summed E-state index contributed by atoms with van der Waals surface area (Å²) in [6, 6.07) is 2.23. The molecule has 1 N–H and O–H groups in total. The van der Waals surface area contributed by atoms with Crippen molar-refractivity contribution in [1.29, 1.82) is 5.26 Å². The topological polar surface area (TPSA) is 47.3 Å². The van der Waals surface area contributed by atoms with E-state index in [-0.39, 0.29) is 12.0 Å². The van der Waals surface area contributed by atoms with Crippen LogP contribution in [0.25, 0.3) is 0 Å². The second kappa shape index (κ2) is 4.59. The van der Waals surface area contributed by atoms with E-state index in [1.54, 1.807) is 0 Å². The summed E-state index contributed by atoms with van der Waals surface area (Å²) in [5.41, 5.74) is 0. The monoisotopic (exact) mass is 182 g/mol. The van der Waals surface area contributed by atoms with Gasteiger partial charge in [0, 0.05) is 19.6 Å². The van der Waals surface area contributed by atoms with Gasteiger partial charge in [0.1, 0.15) is 0 Å². The smallest absolute Gasteiger partial charge is 0.0666 e. The Hall–Kier alpha value is -0.590. The molecular weight excluding hydrogens is 164 g/mol. The van der Waals surface area contributed by atoms with Gasteiger partial charge >= 0.3 is 0 Å². The van der Waals surface area contributed by atoms with E-state index in [0.717, 1.165) is 26.1 Å². The molecule has 1 aliphatic heterocycles. The summed E-state index contributed by atoms with van der Waals surface area (Å²) < 4.78 is 0. The van der Waals surface area contributed by atoms with E-state index in [1.165, 1.54) is 0 Å². The zero-order valence-electron chi connectivity index (χ0n) is 8.40. The van der Waals surface area contributed by atoms with E-state index in [1.807, 2.05) is 6.92 Å². The number of aliphatic hydroxyl groups excluding tert-OH is 1. The third-order valence-corrected chi connectivity index (χ3v) is 2.70. The standard InChI is InChI=1S/C10H18N2O/c1-8(5-11)6-12-4-3-10(13)9(2)7-12/h8-10,13H,3-4,6-7H2,1-2H3. The van der Waals surface area contributed by atoms with E-state index in [4.69, 9.17) is 5.26 Å². The van der Waals surface area contributed by atoms with Crippen LogP contribution in [0.4, 0.5) is 0 Å². The third kappa shape index (κ3) is 2.98. The zero-order chi connectivity index (χ0) is 9.84. The number of aliphatic hydroxyl groups is 1. The van der Waals surface area contributed by atoms with Gasteiger partial charge in [0.15, 0.2) is 0 Å². The molecule has 1 saturated heterocycles. The van der Waals surface area contributed by atoms with Crippen LogP contribution in [0.2, 0.25) is 0 Å². The first kappa shape index (κ1) is 10.5. The van der Waals surface area contributed by atoms with Crippen molar-refractivity contribution in [2.24, 2.45) is 11.8 Å². The van der Waals surface area contributed by atoms with Crippen molar-refractivity contribution in [3.05, 3.63) is 0 Å². The fourth-order valence-electron chi connectivity index (χ4n) is 1.81. The summed E-state index contributed by atoms with van der Waals surface area (Å²) in [6.45, 7) is 6.70. The van der Waals surface area contributed by atoms with Crippen molar-refractivity contribution in [1.82, 2.24) is 4.90 Å². The second-order valence-electron chi connectivity index (χ2n) is 4.12. The second-order valence-corrected chi connectivity index (χ2v) is 4.12. The number of hydrogen-bond acceptors (Lipinski definition) is 3. The van der Waals surface area contributed by atoms with Gasteiger partial charge < -0.3 is 10.0 Å². The molecule has 3 unspecified atom stereocenters. The minimum Gasteiger partial charge on any atom is -0.393 e. The lowest BCUT2D eigenvalue weighted by Crippen LogP contribution is -2.43. The maximum absolute atomic E-state index is 9.50. The maximum atomic E-state index is 9.50. The Morgan fingerprint density at radius 3 is 2.92 bits per heavy atom. The highest BCUT2D eigenvalue weighted by Crippen LogP contribution is 2.17. The van der Waals surface area contributed by atoms with Gasteiger partial charge in [-0.1, -0.05) is 6.92 Å². The van der Waals surface area contributed by atoms with Crippen LogP contribution in [0.3, 0.4) is 0 Å². The summed E-state index contributed by atoms with van der Waals surface area (Å²) in [5, 5.41) is 18.2. The highest BCUT2D eigenvalue weighted by molar-refractivity contribution is 4.84. The summed E-state index contributed by atoms with van der Waals surface area (Å²) in [7, 11) is 0. The predicted octanol–water partition coefficient (Wildman–Crippen LogP) is 0.849. The Balaban J connectivity index is 2.34. The number of nitrogens with zero attached hydrogens (tertiary/aromatic N) is 2. The summed E-state index contributed by atoms with van der Waals surface area (Å²) in [5.74, 6) is 0.446. The van der Waals surface area contributed by atoms with Crippen LogP contribution in [-0.4, -0.2) is 35.7 Å². The van der Waals surface area contributed by atoms with Crippen LogP contribution in [0.1, 0.15) is 20.3 Å². The first-order valence-corrected chi connectivity index (χ1v) is 4.93. The van der Waals surface area contributed by atoms with E-state index in [9.17, 15) is 5.11 Å². The van der Waals surface area contributed by atoms with Gasteiger partial charge in [0.25, 0.3) is 0 Å². The Morgan fingerprint density at radius 1 is 1.69 bits per heavy atom. The average molecular weight is 182 g/mol. The van der Waals surface area contributed by atoms with Crippen molar-refractivity contribution in [3.63, 3.8) is 0 Å². The molecular formula is C10H18N2O. The van der Waals surface area contributed by atoms with Gasteiger partial charge in [0.2, 0.25) is 0 Å². The van der Waals surface area contributed by atoms with E-state index in [0.29, 0.717) is 5.92 Å². The first-order chi connectivity index (χ1) is 6.13. The third-order valence-electron chi connectivity index (χ3n) is 2.70. The lowest BCUT2D eigenvalue weighted by Gasteiger charge is -2.34. The van der Waals surface area contributed by atoms with Gasteiger partial charge in [-0.05, 0) is 19.3 Å². The number of nitriles is 1. The molecule has 3 nitrogen and oxygen atoms in total. The van der Waals surface area contributed by atoms with Gasteiger partial charge in [0.05, 0.1) is 18.1 Å². The van der Waals surface area contributed by atoms with Gasteiger partial charge in [-0.15, -0.1) is 0 Å². The van der Waals surface area contributed by atoms with Crippen LogP contribution >= 0.6 is 0 Å². The summed E-state index contributed by atoms with van der Waals surface area (Å²) in [6.07, 6.45) is 0.702. The van der Waals surface area contributed by atoms with Crippen molar-refractivity contribution < 1.29 is 5.11 Å². The van der Waals surface area contributed by atoms with Gasteiger partial charge in [-0.2, -0.15) is 5.26 Å². The molecule has 74 valence electrons. The van der Waals surface area contributed by atoms with Crippen LogP contribution in [0.15, 0.2) is 0 Å². The number of likely N-dealkylation sites (tertiary alicyclic amines) is 1. The number of hydrogen-bond donors (Lipinski definition) is 1. The van der Waals surface area contributed by atoms with Crippen molar-refractivity contribution in [3.8, 4) is 6.07 Å². The quantitative estimate of drug-likeness (QED) is 0.688. The molecule has 0 aromatic carbocycles. The van der Waals surface area contributed by atoms with Gasteiger partial charge in [-0.3, -0.25) is 0 Å². The first-order valence-electron chi connectivity index (χ1n) is 4.93. The minimum atomic E-state index is -0.145. The molecule has 1 heterocycles. The zero-order valence-corrected chi connectivity index (χ0v) is 8.40. The SMILES string of the molecule is CC(C#N)CN1CCC(O)C(C)C1. The Morgan fingerprint density at radius 2 is 2.38 bits per heavy atom. The van der Waals surface area contributed by atoms with Crippen LogP contribution < -0.4 is 0 Å². The molecule has 0 radical (unpaired) electrons. The van der Waals surface area contributed by atoms with Crippen LogP contribution in [0.5, 0.6) is 0 Å². The molecule has 0 saturated carbocycles. The minimum absolute atomic E-state index is 0.0995. The Labute approximate surface area is 80.0 Å². The number of rotatable bonds is 2. The molecule has 0 aromatic heterocycles. The lowest BCUT2D eigenvalue weighted by molar-refractivity contribution is 0.0324. The Kier molecular flexibility index (Phi) is 3.71. The van der Waals surface area contributed by atoms with Crippen molar-refractivity contribution in [2.75, 3.05) is 19.6 Å². The fourth-order valence-corrected chi connectivity index (χ4v) is 1.81. The maximum Gasteiger partial charge on any atom is 0.0666 e. The van der Waals surface area contributed by atoms with E-state index >= 15 is 0 Å². The largest absolute Gasteiger partial charge is 0.393 e. The van der Waals surface area contributed by atoms with E-state index < -0.39 is 0 Å². The molecule has 0 aliphatic carbocycles. The van der Waals surface area contributed by atoms with Crippen molar-refractivity contribution in [2.45, 2.75) is 26.4 Å². The van der Waals surface area contributed by atoms with Crippen LogP contribution in [-0.2, 0) is 0 Å². The molecule has 1 aliphatic rings. The molecule has 1 fully saturated rings.